The molecule has 0 aromatic carbocycles. The van der Waals surface area contributed by atoms with Gasteiger partial charge in [0.1, 0.15) is 0 Å². The highest BCUT2D eigenvalue weighted by Gasteiger charge is 2.47. The Balaban J connectivity index is 1.74. The molecule has 0 radical (unpaired) electrons. The van der Waals surface area contributed by atoms with Gasteiger partial charge in [-0.3, -0.25) is 4.79 Å². The third-order valence-corrected chi connectivity index (χ3v) is 3.34. The summed E-state index contributed by atoms with van der Waals surface area (Å²) >= 11 is 0. The van der Waals surface area contributed by atoms with Gasteiger partial charge < -0.3 is 14.2 Å². The molecule has 0 amide bonds. The normalized spacial score (nSPS) is 34.0. The van der Waals surface area contributed by atoms with E-state index in [1.54, 1.807) is 0 Å². The molecular weight excluding hydrogens is 232 g/mol. The zero-order valence-corrected chi connectivity index (χ0v) is 11.5. The number of carbonyl (C=O) groups excluding carboxylic acids is 1. The Bertz CT molecular complexity index is 342. The Morgan fingerprint density at radius 1 is 1.28 bits per heavy atom. The van der Waals surface area contributed by atoms with Gasteiger partial charge in [0.05, 0.1) is 24.7 Å². The van der Waals surface area contributed by atoms with E-state index in [0.717, 1.165) is 0 Å². The first kappa shape index (κ1) is 13.6. The molecule has 1 fully saturated rings. The van der Waals surface area contributed by atoms with E-state index in [2.05, 4.69) is 20.8 Å². The van der Waals surface area contributed by atoms with Crippen LogP contribution in [0.15, 0.2) is 12.2 Å². The van der Waals surface area contributed by atoms with Gasteiger partial charge in [0.2, 0.25) is 0 Å². The summed E-state index contributed by atoms with van der Waals surface area (Å²) in [6.07, 6.45) is 3.94. The molecule has 2 heterocycles. The van der Waals surface area contributed by atoms with Crippen molar-refractivity contribution in [1.82, 2.24) is 0 Å². The maximum absolute atomic E-state index is 12.0. The molecule has 0 aliphatic carbocycles. The fourth-order valence-electron chi connectivity index (χ4n) is 2.39. The van der Waals surface area contributed by atoms with Crippen molar-refractivity contribution in [3.05, 3.63) is 12.2 Å². The van der Waals surface area contributed by atoms with Gasteiger partial charge in [0.25, 0.3) is 0 Å². The van der Waals surface area contributed by atoms with E-state index in [1.807, 2.05) is 19.1 Å². The molecule has 4 nitrogen and oxygen atoms in total. The van der Waals surface area contributed by atoms with E-state index in [1.165, 1.54) is 0 Å². The van der Waals surface area contributed by atoms with Gasteiger partial charge in [-0.15, -0.1) is 0 Å². The zero-order chi connectivity index (χ0) is 13.3. The van der Waals surface area contributed by atoms with Crippen molar-refractivity contribution in [2.45, 2.75) is 39.9 Å². The van der Waals surface area contributed by atoms with E-state index >= 15 is 0 Å². The van der Waals surface area contributed by atoms with Crippen LogP contribution in [-0.2, 0) is 19.0 Å². The van der Waals surface area contributed by atoms with Gasteiger partial charge in [0, 0.05) is 5.92 Å². The quantitative estimate of drug-likeness (QED) is 0.334. The molecule has 4 unspecified atom stereocenters. The summed E-state index contributed by atoms with van der Waals surface area (Å²) in [5, 5.41) is 0. The van der Waals surface area contributed by atoms with E-state index in [-0.39, 0.29) is 42.2 Å². The van der Waals surface area contributed by atoms with Gasteiger partial charge in [-0.25, -0.2) is 0 Å². The van der Waals surface area contributed by atoms with Gasteiger partial charge in [-0.2, -0.15) is 0 Å². The lowest BCUT2D eigenvalue weighted by atomic mass is 9.84. The maximum Gasteiger partial charge on any atom is 0.314 e. The second-order valence-electron chi connectivity index (χ2n) is 6.33. The van der Waals surface area contributed by atoms with Gasteiger partial charge >= 0.3 is 5.97 Å². The van der Waals surface area contributed by atoms with Gasteiger partial charge in [-0.05, 0) is 5.41 Å². The molecule has 2 aliphatic rings. The van der Waals surface area contributed by atoms with Crippen LogP contribution >= 0.6 is 0 Å². The lowest BCUT2D eigenvalue weighted by molar-refractivity contribution is -0.165. The Morgan fingerprint density at radius 2 is 1.94 bits per heavy atom. The summed E-state index contributed by atoms with van der Waals surface area (Å²) in [5.74, 6) is -0.207. The zero-order valence-electron chi connectivity index (χ0n) is 11.5. The molecule has 1 saturated heterocycles. The lowest BCUT2D eigenvalue weighted by Gasteiger charge is -2.21. The number of fused-ring (bicyclic) bond motifs is 2. The molecule has 0 saturated carbocycles. The van der Waals surface area contributed by atoms with E-state index in [9.17, 15) is 4.79 Å². The monoisotopic (exact) mass is 254 g/mol. The SMILES string of the molecule is CC1C2C=CC(O2)C1C(=O)OCOCC(C)(C)C. The van der Waals surface area contributed by atoms with Crippen LogP contribution in [0.5, 0.6) is 0 Å². The predicted molar refractivity (Wildman–Crippen MR) is 66.8 cm³/mol. The highest BCUT2D eigenvalue weighted by molar-refractivity contribution is 5.74. The lowest BCUT2D eigenvalue weighted by Crippen LogP contribution is -2.32. The minimum Gasteiger partial charge on any atom is -0.438 e. The van der Waals surface area contributed by atoms with Crippen LogP contribution in [0.3, 0.4) is 0 Å². The van der Waals surface area contributed by atoms with Crippen molar-refractivity contribution >= 4 is 5.97 Å². The first-order valence-electron chi connectivity index (χ1n) is 6.47. The largest absolute Gasteiger partial charge is 0.438 e. The average Bonchev–Trinajstić information content (AvgIpc) is 2.83. The smallest absolute Gasteiger partial charge is 0.314 e. The first-order valence-corrected chi connectivity index (χ1v) is 6.47. The molecule has 0 N–H and O–H groups in total. The molecule has 0 aromatic heterocycles. The number of hydrogen-bond donors (Lipinski definition) is 0. The third kappa shape index (κ3) is 2.93. The first-order chi connectivity index (χ1) is 8.38. The van der Waals surface area contributed by atoms with Crippen LogP contribution in [0.2, 0.25) is 0 Å². The summed E-state index contributed by atoms with van der Waals surface area (Å²) in [6, 6.07) is 0. The summed E-state index contributed by atoms with van der Waals surface area (Å²) in [6.45, 7) is 8.85. The van der Waals surface area contributed by atoms with Crippen molar-refractivity contribution < 1.29 is 19.0 Å². The van der Waals surface area contributed by atoms with E-state index in [4.69, 9.17) is 14.2 Å². The molecule has 4 atom stereocenters. The molecule has 18 heavy (non-hydrogen) atoms. The van der Waals surface area contributed by atoms with Crippen molar-refractivity contribution in [3.63, 3.8) is 0 Å². The number of hydrogen-bond acceptors (Lipinski definition) is 4. The van der Waals surface area contributed by atoms with Crippen LogP contribution in [0, 0.1) is 17.3 Å². The highest BCUT2D eigenvalue weighted by atomic mass is 16.7. The highest BCUT2D eigenvalue weighted by Crippen LogP contribution is 2.39. The molecule has 0 aromatic rings. The molecule has 0 spiro atoms. The van der Waals surface area contributed by atoms with Crippen molar-refractivity contribution in [1.29, 1.82) is 0 Å². The fourth-order valence-corrected chi connectivity index (χ4v) is 2.39. The van der Waals surface area contributed by atoms with Crippen LogP contribution in [0.25, 0.3) is 0 Å². The number of ether oxygens (including phenoxy) is 3. The molecule has 4 heteroatoms. The number of esters is 1. The second-order valence-corrected chi connectivity index (χ2v) is 6.33. The number of carbonyl (C=O) groups is 1. The van der Waals surface area contributed by atoms with Crippen molar-refractivity contribution in [3.8, 4) is 0 Å². The molecule has 2 rings (SSSR count). The minimum absolute atomic E-state index is 0.0282. The molecular formula is C14H22O4. The van der Waals surface area contributed by atoms with Crippen LogP contribution in [0.4, 0.5) is 0 Å². The summed E-state index contributed by atoms with van der Waals surface area (Å²) < 4.78 is 16.1. The Labute approximate surface area is 108 Å². The topological polar surface area (TPSA) is 44.8 Å². The van der Waals surface area contributed by atoms with E-state index in [0.29, 0.717) is 6.61 Å². The third-order valence-electron chi connectivity index (χ3n) is 3.34. The van der Waals surface area contributed by atoms with Crippen molar-refractivity contribution in [2.24, 2.45) is 17.3 Å². The minimum atomic E-state index is -0.215. The standard InChI is InChI=1S/C14H22O4/c1-9-10-5-6-11(18-10)12(9)13(15)17-8-16-7-14(2,3)4/h5-6,9-12H,7-8H2,1-4H3. The van der Waals surface area contributed by atoms with E-state index < -0.39 is 0 Å². The molecule has 2 bridgehead atoms. The fraction of sp³-hybridized carbons (Fsp3) is 0.786. The van der Waals surface area contributed by atoms with Crippen LogP contribution in [-0.4, -0.2) is 31.6 Å². The summed E-state index contributed by atoms with van der Waals surface area (Å²) in [4.78, 5) is 12.0. The number of rotatable bonds is 4. The van der Waals surface area contributed by atoms with Crippen molar-refractivity contribution in [2.75, 3.05) is 13.4 Å². The predicted octanol–water partition coefficient (Wildman–Crippen LogP) is 2.14. The van der Waals surface area contributed by atoms with Gasteiger partial charge in [0.15, 0.2) is 6.79 Å². The Kier molecular flexibility index (Phi) is 3.78. The second kappa shape index (κ2) is 5.02. The van der Waals surface area contributed by atoms with Crippen LogP contribution in [0.1, 0.15) is 27.7 Å². The molecule has 102 valence electrons. The van der Waals surface area contributed by atoms with Crippen LogP contribution < -0.4 is 0 Å². The Hall–Kier alpha value is -0.870. The van der Waals surface area contributed by atoms with Gasteiger partial charge in [-0.1, -0.05) is 39.8 Å². The summed E-state index contributed by atoms with van der Waals surface area (Å²) in [5.41, 5.74) is 0.0813. The maximum atomic E-state index is 12.0. The Morgan fingerprint density at radius 3 is 2.50 bits per heavy atom. The summed E-state index contributed by atoms with van der Waals surface area (Å²) in [7, 11) is 0. The average molecular weight is 254 g/mol. The molecule has 2 aliphatic heterocycles.